The van der Waals surface area contributed by atoms with Crippen molar-refractivity contribution in [1.82, 2.24) is 0 Å². The highest BCUT2D eigenvalue weighted by Crippen LogP contribution is 2.17. The summed E-state index contributed by atoms with van der Waals surface area (Å²) in [5.41, 5.74) is 5.51. The van der Waals surface area contributed by atoms with Gasteiger partial charge in [0, 0.05) is 12.0 Å². The molecule has 0 fully saturated rings. The van der Waals surface area contributed by atoms with Crippen LogP contribution in [0.2, 0.25) is 0 Å². The third-order valence-corrected chi connectivity index (χ3v) is 1.84. The van der Waals surface area contributed by atoms with Crippen LogP contribution in [-0.4, -0.2) is 24.9 Å². The Morgan fingerprint density at radius 3 is 2.58 bits per heavy atom. The zero-order valence-corrected chi connectivity index (χ0v) is 6.82. The molecule has 66 valence electrons. The van der Waals surface area contributed by atoms with E-state index in [-0.39, 0.29) is 12.0 Å². The number of ether oxygens (including phenoxy) is 1. The van der Waals surface area contributed by atoms with Gasteiger partial charge in [-0.1, -0.05) is 12.2 Å². The number of allylic oxidation sites excluding steroid dienone is 1. The minimum Gasteiger partial charge on any atom is -0.463 e. The summed E-state index contributed by atoms with van der Waals surface area (Å²) in [7, 11) is 1.19. The molecule has 0 aromatic rings. The van der Waals surface area contributed by atoms with Crippen LogP contribution in [0, 0.1) is 5.92 Å². The molecule has 2 N–H and O–H groups in total. The lowest BCUT2D eigenvalue weighted by Gasteiger charge is -2.05. The Kier molecular flexibility index (Phi) is 2.60. The molecule has 0 saturated heterocycles. The molecule has 0 heterocycles. The first-order chi connectivity index (χ1) is 5.65. The Hall–Kier alpha value is -1.16. The number of esters is 1. The van der Waals surface area contributed by atoms with Gasteiger partial charge in [-0.3, -0.25) is 4.79 Å². The maximum atomic E-state index is 11.1. The van der Waals surface area contributed by atoms with E-state index in [1.165, 1.54) is 7.11 Å². The lowest BCUT2D eigenvalue weighted by molar-refractivity contribution is -0.152. The second-order valence-electron chi connectivity index (χ2n) is 2.75. The van der Waals surface area contributed by atoms with Crippen molar-refractivity contribution in [2.75, 3.05) is 7.11 Å². The van der Waals surface area contributed by atoms with Gasteiger partial charge in [-0.15, -0.1) is 0 Å². The third-order valence-electron chi connectivity index (χ3n) is 1.84. The molecule has 0 bridgehead atoms. The molecule has 1 aliphatic rings. The number of hydrogen-bond acceptors (Lipinski definition) is 4. The molecule has 12 heavy (non-hydrogen) atoms. The topological polar surface area (TPSA) is 69.4 Å². The fraction of sp³-hybridized carbons (Fsp3) is 0.500. The van der Waals surface area contributed by atoms with Crippen LogP contribution in [0.3, 0.4) is 0 Å². The minimum absolute atomic E-state index is 0.108. The van der Waals surface area contributed by atoms with E-state index in [1.807, 2.05) is 0 Å². The van der Waals surface area contributed by atoms with E-state index in [9.17, 15) is 9.59 Å². The van der Waals surface area contributed by atoms with Gasteiger partial charge in [0.1, 0.15) is 0 Å². The average Bonchev–Trinajstić information content (AvgIpc) is 2.49. The minimum atomic E-state index is -0.793. The number of ketones is 1. The number of methoxy groups -OCH3 is 1. The fourth-order valence-electron chi connectivity index (χ4n) is 1.17. The molecule has 4 heteroatoms. The van der Waals surface area contributed by atoms with E-state index in [0.29, 0.717) is 6.42 Å². The fourth-order valence-corrected chi connectivity index (χ4v) is 1.17. The molecular weight excluding hydrogens is 158 g/mol. The van der Waals surface area contributed by atoms with Gasteiger partial charge in [-0.05, 0) is 6.42 Å². The molecule has 0 spiro atoms. The number of carbonyl (C=O) groups is 2. The van der Waals surface area contributed by atoms with Crippen molar-refractivity contribution in [3.05, 3.63) is 12.2 Å². The Morgan fingerprint density at radius 2 is 2.17 bits per heavy atom. The van der Waals surface area contributed by atoms with Crippen molar-refractivity contribution in [3.63, 3.8) is 0 Å². The van der Waals surface area contributed by atoms with Gasteiger partial charge >= 0.3 is 5.97 Å². The van der Waals surface area contributed by atoms with Crippen molar-refractivity contribution in [2.45, 2.75) is 12.5 Å². The highest BCUT2D eigenvalue weighted by molar-refractivity contribution is 6.34. The molecule has 2 unspecified atom stereocenters. The van der Waals surface area contributed by atoms with Gasteiger partial charge < -0.3 is 10.5 Å². The summed E-state index contributed by atoms with van der Waals surface area (Å²) in [6, 6.07) is -0.108. The Balaban J connectivity index is 2.55. The van der Waals surface area contributed by atoms with E-state index < -0.39 is 11.8 Å². The second-order valence-corrected chi connectivity index (χ2v) is 2.75. The summed E-state index contributed by atoms with van der Waals surface area (Å²) in [6.45, 7) is 0. The zero-order chi connectivity index (χ0) is 9.14. The molecule has 0 saturated carbocycles. The lowest BCUT2D eigenvalue weighted by Crippen LogP contribution is -2.25. The first-order valence-electron chi connectivity index (χ1n) is 3.71. The monoisotopic (exact) mass is 169 g/mol. The van der Waals surface area contributed by atoms with Crippen LogP contribution in [0.1, 0.15) is 6.42 Å². The summed E-state index contributed by atoms with van der Waals surface area (Å²) >= 11 is 0. The largest absolute Gasteiger partial charge is 0.463 e. The predicted octanol–water partition coefficient (Wildman–Crippen LogP) is -0.368. The highest BCUT2D eigenvalue weighted by atomic mass is 16.5. The van der Waals surface area contributed by atoms with Crippen LogP contribution < -0.4 is 5.73 Å². The van der Waals surface area contributed by atoms with Gasteiger partial charge in [0.05, 0.1) is 7.11 Å². The van der Waals surface area contributed by atoms with Crippen LogP contribution in [-0.2, 0) is 14.3 Å². The maximum absolute atomic E-state index is 11.1. The lowest BCUT2D eigenvalue weighted by atomic mass is 10.0. The molecule has 2 atom stereocenters. The summed E-state index contributed by atoms with van der Waals surface area (Å²) < 4.78 is 4.30. The van der Waals surface area contributed by atoms with Crippen LogP contribution >= 0.6 is 0 Å². The average molecular weight is 169 g/mol. The van der Waals surface area contributed by atoms with Crippen LogP contribution in [0.15, 0.2) is 12.2 Å². The smallest absolute Gasteiger partial charge is 0.374 e. The van der Waals surface area contributed by atoms with Gasteiger partial charge in [0.2, 0.25) is 5.78 Å². The Labute approximate surface area is 70.4 Å². The number of Topliss-reactive ketones (excluding diaryl/α,β-unsaturated/α-hetero) is 1. The van der Waals surface area contributed by atoms with Crippen LogP contribution in [0.25, 0.3) is 0 Å². The van der Waals surface area contributed by atoms with Crippen LogP contribution in [0.4, 0.5) is 0 Å². The van der Waals surface area contributed by atoms with Gasteiger partial charge in [0.25, 0.3) is 0 Å². The van der Waals surface area contributed by atoms with E-state index >= 15 is 0 Å². The number of rotatable bonds is 2. The van der Waals surface area contributed by atoms with Crippen molar-refractivity contribution in [1.29, 1.82) is 0 Å². The van der Waals surface area contributed by atoms with Gasteiger partial charge in [-0.2, -0.15) is 0 Å². The molecule has 0 radical (unpaired) electrons. The number of carbonyl (C=O) groups excluding carboxylic acids is 2. The van der Waals surface area contributed by atoms with Crippen molar-refractivity contribution < 1.29 is 14.3 Å². The molecule has 1 rings (SSSR count). The second kappa shape index (κ2) is 3.49. The molecule has 4 nitrogen and oxygen atoms in total. The third kappa shape index (κ3) is 1.71. The molecule has 0 aliphatic heterocycles. The number of hydrogen-bond donors (Lipinski definition) is 1. The summed E-state index contributed by atoms with van der Waals surface area (Å²) in [5.74, 6) is -1.69. The van der Waals surface area contributed by atoms with Crippen LogP contribution in [0.5, 0.6) is 0 Å². The van der Waals surface area contributed by atoms with E-state index in [1.54, 1.807) is 12.2 Å². The molecule has 0 aromatic carbocycles. The molecule has 0 aromatic heterocycles. The SMILES string of the molecule is COC(=O)C(=O)C1C=CC(N)C1. The van der Waals surface area contributed by atoms with Crippen molar-refractivity contribution >= 4 is 11.8 Å². The van der Waals surface area contributed by atoms with E-state index in [2.05, 4.69) is 4.74 Å². The van der Waals surface area contributed by atoms with E-state index in [0.717, 1.165) is 0 Å². The highest BCUT2D eigenvalue weighted by Gasteiger charge is 2.28. The first kappa shape index (κ1) is 8.93. The van der Waals surface area contributed by atoms with Gasteiger partial charge in [-0.25, -0.2) is 4.79 Å². The predicted molar refractivity (Wildman–Crippen MR) is 42.2 cm³/mol. The quantitative estimate of drug-likeness (QED) is 0.348. The van der Waals surface area contributed by atoms with Crippen molar-refractivity contribution in [3.8, 4) is 0 Å². The Morgan fingerprint density at radius 1 is 1.50 bits per heavy atom. The van der Waals surface area contributed by atoms with Crippen molar-refractivity contribution in [2.24, 2.45) is 11.7 Å². The molecule has 0 amide bonds. The molecular formula is C8H11NO3. The summed E-state index contributed by atoms with van der Waals surface area (Å²) in [4.78, 5) is 21.9. The standard InChI is InChI=1S/C8H11NO3/c1-12-8(11)7(10)5-2-3-6(9)4-5/h2-3,5-6H,4,9H2,1H3. The summed E-state index contributed by atoms with van der Waals surface area (Å²) in [5, 5.41) is 0. The zero-order valence-electron chi connectivity index (χ0n) is 6.82. The van der Waals surface area contributed by atoms with E-state index in [4.69, 9.17) is 5.73 Å². The maximum Gasteiger partial charge on any atom is 0.374 e. The number of nitrogens with two attached hydrogens (primary N) is 1. The summed E-state index contributed by atoms with van der Waals surface area (Å²) in [6.07, 6.45) is 3.89. The normalized spacial score (nSPS) is 27.2. The molecule has 1 aliphatic carbocycles. The van der Waals surface area contributed by atoms with Gasteiger partial charge in [0.15, 0.2) is 0 Å². The Bertz CT molecular complexity index is 234. The first-order valence-corrected chi connectivity index (χ1v) is 3.71.